The predicted molar refractivity (Wildman–Crippen MR) is 98.8 cm³/mol. The van der Waals surface area contributed by atoms with E-state index in [1.165, 1.54) is 12.8 Å². The lowest BCUT2D eigenvalue weighted by Gasteiger charge is -2.16. The zero-order chi connectivity index (χ0) is 16.4. The summed E-state index contributed by atoms with van der Waals surface area (Å²) in [5.74, 6) is 1.92. The molecule has 0 unspecified atom stereocenters. The molecule has 0 spiro atoms. The van der Waals surface area contributed by atoms with Crippen LogP contribution in [-0.2, 0) is 0 Å². The van der Waals surface area contributed by atoms with Crippen LogP contribution < -0.4 is 9.64 Å². The van der Waals surface area contributed by atoms with Crippen LogP contribution in [0, 0.1) is 0 Å². The van der Waals surface area contributed by atoms with Gasteiger partial charge in [0.15, 0.2) is 0 Å². The van der Waals surface area contributed by atoms with E-state index in [-0.39, 0.29) is 0 Å². The number of nitrogens with zero attached hydrogens (tertiary/aromatic N) is 3. The summed E-state index contributed by atoms with van der Waals surface area (Å²) in [6.07, 6.45) is 4.40. The van der Waals surface area contributed by atoms with Gasteiger partial charge < -0.3 is 9.64 Å². The van der Waals surface area contributed by atoms with Gasteiger partial charge >= 0.3 is 0 Å². The zero-order valence-electron chi connectivity index (χ0n) is 13.6. The summed E-state index contributed by atoms with van der Waals surface area (Å²) in [6.45, 7) is 2.21. The Kier molecular flexibility index (Phi) is 4.17. The van der Waals surface area contributed by atoms with Crippen molar-refractivity contribution in [1.29, 1.82) is 0 Å². The van der Waals surface area contributed by atoms with Crippen LogP contribution in [0.25, 0.3) is 21.8 Å². The third kappa shape index (κ3) is 2.99. The Balaban J connectivity index is 1.61. The Hall–Kier alpha value is -2.40. The number of pyridine rings is 1. The lowest BCUT2D eigenvalue weighted by Crippen LogP contribution is -2.18. The van der Waals surface area contributed by atoms with Gasteiger partial charge in [-0.15, -0.1) is 11.3 Å². The summed E-state index contributed by atoms with van der Waals surface area (Å²) >= 11 is 1.67. The number of ether oxygens (including phenoxy) is 1. The largest absolute Gasteiger partial charge is 0.497 e. The fourth-order valence-electron chi connectivity index (χ4n) is 2.97. The first-order chi connectivity index (χ1) is 11.8. The second-order valence-corrected chi connectivity index (χ2v) is 6.72. The molecule has 0 atom stereocenters. The molecule has 5 heteroatoms. The van der Waals surface area contributed by atoms with E-state index in [0.717, 1.165) is 46.5 Å². The molecule has 0 N–H and O–H groups in total. The Bertz CT molecular complexity index is 823. The normalized spacial score (nSPS) is 14.1. The van der Waals surface area contributed by atoms with Crippen molar-refractivity contribution in [2.24, 2.45) is 0 Å². The molecule has 1 fully saturated rings. The molecule has 0 amide bonds. The predicted octanol–water partition coefficient (Wildman–Crippen LogP) is 4.48. The van der Waals surface area contributed by atoms with Crippen molar-refractivity contribution in [1.82, 2.24) is 9.97 Å². The van der Waals surface area contributed by atoms with Gasteiger partial charge in [-0.25, -0.2) is 9.97 Å². The number of aromatic nitrogens is 2. The molecule has 1 aliphatic rings. The van der Waals surface area contributed by atoms with Gasteiger partial charge in [-0.05, 0) is 49.2 Å². The average Bonchev–Trinajstić information content (AvgIpc) is 3.34. The van der Waals surface area contributed by atoms with Gasteiger partial charge in [0, 0.05) is 35.8 Å². The van der Waals surface area contributed by atoms with Crippen LogP contribution in [0.1, 0.15) is 12.8 Å². The van der Waals surface area contributed by atoms with Crippen LogP contribution >= 0.6 is 11.3 Å². The first-order valence-corrected chi connectivity index (χ1v) is 9.03. The van der Waals surface area contributed by atoms with E-state index >= 15 is 0 Å². The number of methoxy groups -OCH3 is 1. The standard InChI is InChI=1S/C19H19N3OS/c1-23-16-6-4-14(5-7-16)17-13-24-19(21-17)15-8-9-20-18(12-15)22-10-2-3-11-22/h4-9,12-13H,2-3,10-11H2,1H3. The number of anilines is 1. The molecule has 4 rings (SSSR count). The van der Waals surface area contributed by atoms with Crippen molar-refractivity contribution < 1.29 is 4.74 Å². The summed E-state index contributed by atoms with van der Waals surface area (Å²) in [5.41, 5.74) is 3.24. The first-order valence-electron chi connectivity index (χ1n) is 8.15. The van der Waals surface area contributed by atoms with Gasteiger partial charge in [-0.2, -0.15) is 0 Å². The maximum atomic E-state index is 5.21. The molecule has 1 saturated heterocycles. The minimum atomic E-state index is 0.860. The number of hydrogen-bond donors (Lipinski definition) is 0. The second-order valence-electron chi connectivity index (χ2n) is 5.86. The van der Waals surface area contributed by atoms with Crippen LogP contribution in [0.2, 0.25) is 0 Å². The summed E-state index contributed by atoms with van der Waals surface area (Å²) in [7, 11) is 1.68. The fourth-order valence-corrected chi connectivity index (χ4v) is 3.80. The molecular formula is C19H19N3OS. The monoisotopic (exact) mass is 337 g/mol. The maximum absolute atomic E-state index is 5.21. The van der Waals surface area contributed by atoms with Gasteiger partial charge in [-0.1, -0.05) is 0 Å². The average molecular weight is 337 g/mol. The maximum Gasteiger partial charge on any atom is 0.129 e. The van der Waals surface area contributed by atoms with E-state index in [2.05, 4.69) is 21.3 Å². The Labute approximate surface area is 145 Å². The minimum absolute atomic E-state index is 0.860. The van der Waals surface area contributed by atoms with Crippen molar-refractivity contribution in [2.45, 2.75) is 12.8 Å². The number of hydrogen-bond acceptors (Lipinski definition) is 5. The van der Waals surface area contributed by atoms with Crippen LogP contribution in [0.3, 0.4) is 0 Å². The van der Waals surface area contributed by atoms with E-state index in [1.54, 1.807) is 18.4 Å². The second kappa shape index (κ2) is 6.61. The van der Waals surface area contributed by atoms with Crippen LogP contribution in [0.5, 0.6) is 5.75 Å². The number of benzene rings is 1. The smallest absolute Gasteiger partial charge is 0.129 e. The molecule has 0 bridgehead atoms. The molecule has 4 nitrogen and oxygen atoms in total. The summed E-state index contributed by atoms with van der Waals surface area (Å²) in [4.78, 5) is 11.7. The molecular weight excluding hydrogens is 318 g/mol. The first kappa shape index (κ1) is 15.1. The van der Waals surface area contributed by atoms with Gasteiger partial charge in [0.2, 0.25) is 0 Å². The molecule has 24 heavy (non-hydrogen) atoms. The number of rotatable bonds is 4. The van der Waals surface area contributed by atoms with Crippen LogP contribution in [0.4, 0.5) is 5.82 Å². The highest BCUT2D eigenvalue weighted by atomic mass is 32.1. The highest BCUT2D eigenvalue weighted by molar-refractivity contribution is 7.13. The molecule has 3 heterocycles. The molecule has 3 aromatic rings. The van der Waals surface area contributed by atoms with Gasteiger partial charge in [0.05, 0.1) is 12.8 Å². The van der Waals surface area contributed by atoms with E-state index in [9.17, 15) is 0 Å². The number of thiazole rings is 1. The van der Waals surface area contributed by atoms with Gasteiger partial charge in [-0.3, -0.25) is 0 Å². The third-order valence-corrected chi connectivity index (χ3v) is 5.20. The van der Waals surface area contributed by atoms with E-state index in [0.29, 0.717) is 0 Å². The molecule has 0 saturated carbocycles. The topological polar surface area (TPSA) is 38.2 Å². The van der Waals surface area contributed by atoms with E-state index in [4.69, 9.17) is 9.72 Å². The summed E-state index contributed by atoms with van der Waals surface area (Å²) in [5, 5.41) is 3.14. The summed E-state index contributed by atoms with van der Waals surface area (Å²) < 4.78 is 5.21. The van der Waals surface area contributed by atoms with E-state index < -0.39 is 0 Å². The van der Waals surface area contributed by atoms with Crippen LogP contribution in [0.15, 0.2) is 48.0 Å². The molecule has 122 valence electrons. The molecule has 2 aromatic heterocycles. The van der Waals surface area contributed by atoms with Gasteiger partial charge in [0.1, 0.15) is 16.6 Å². The van der Waals surface area contributed by atoms with Crippen molar-refractivity contribution in [3.8, 4) is 27.6 Å². The lowest BCUT2D eigenvalue weighted by molar-refractivity contribution is 0.415. The molecule has 1 aromatic carbocycles. The van der Waals surface area contributed by atoms with Gasteiger partial charge in [0.25, 0.3) is 0 Å². The zero-order valence-corrected chi connectivity index (χ0v) is 14.4. The highest BCUT2D eigenvalue weighted by Gasteiger charge is 2.15. The van der Waals surface area contributed by atoms with Crippen molar-refractivity contribution in [3.05, 3.63) is 48.0 Å². The Morgan fingerprint density at radius 2 is 1.83 bits per heavy atom. The molecule has 1 aliphatic heterocycles. The van der Waals surface area contributed by atoms with E-state index in [1.807, 2.05) is 36.5 Å². The Morgan fingerprint density at radius 1 is 1.04 bits per heavy atom. The van der Waals surface area contributed by atoms with Crippen molar-refractivity contribution in [3.63, 3.8) is 0 Å². The van der Waals surface area contributed by atoms with Crippen molar-refractivity contribution >= 4 is 17.2 Å². The Morgan fingerprint density at radius 3 is 2.58 bits per heavy atom. The van der Waals surface area contributed by atoms with Crippen molar-refractivity contribution in [2.75, 3.05) is 25.1 Å². The fraction of sp³-hybridized carbons (Fsp3) is 0.263. The minimum Gasteiger partial charge on any atom is -0.497 e. The highest BCUT2D eigenvalue weighted by Crippen LogP contribution is 2.31. The third-order valence-electron chi connectivity index (χ3n) is 4.31. The summed E-state index contributed by atoms with van der Waals surface area (Å²) in [6, 6.07) is 12.2. The van der Waals surface area contributed by atoms with Crippen LogP contribution in [-0.4, -0.2) is 30.2 Å². The molecule has 0 radical (unpaired) electrons. The molecule has 0 aliphatic carbocycles. The lowest BCUT2D eigenvalue weighted by atomic mass is 10.2. The SMILES string of the molecule is COc1ccc(-c2csc(-c3ccnc(N4CCCC4)c3)n2)cc1. The quantitative estimate of drug-likeness (QED) is 0.703.